The number of benzene rings is 1. The minimum Gasteiger partial charge on any atom is -0.497 e. The Bertz CT molecular complexity index is 738. The lowest BCUT2D eigenvalue weighted by Gasteiger charge is -2.31. The molecule has 1 aromatic carbocycles. The number of piperidine rings is 1. The number of nitrogens with one attached hydrogen (secondary N) is 1. The number of ether oxygens (including phenoxy) is 3. The van der Waals surface area contributed by atoms with Gasteiger partial charge >= 0.3 is 0 Å². The summed E-state index contributed by atoms with van der Waals surface area (Å²) >= 11 is 0. The van der Waals surface area contributed by atoms with Crippen LogP contribution in [0.25, 0.3) is 11.3 Å². The van der Waals surface area contributed by atoms with Crippen molar-refractivity contribution < 1.29 is 19.0 Å². The number of H-pyrrole nitrogens is 1. The van der Waals surface area contributed by atoms with Crippen LogP contribution in [0.5, 0.6) is 5.75 Å². The van der Waals surface area contributed by atoms with E-state index in [1.165, 1.54) is 0 Å². The number of hydrogen-bond donors (Lipinski definition) is 1. The molecular formula is C20H27N3O4. The molecule has 7 heteroatoms. The van der Waals surface area contributed by atoms with Gasteiger partial charge in [-0.3, -0.25) is 9.89 Å². The summed E-state index contributed by atoms with van der Waals surface area (Å²) in [6.07, 6.45) is 1.91. The lowest BCUT2D eigenvalue weighted by Crippen LogP contribution is -2.39. The zero-order valence-electron chi connectivity index (χ0n) is 15.9. The van der Waals surface area contributed by atoms with Crippen molar-refractivity contribution in [3.05, 3.63) is 36.0 Å². The number of nitrogens with zero attached hydrogens (tertiary/aromatic N) is 2. The average Bonchev–Trinajstić information content (AvgIpc) is 3.21. The van der Waals surface area contributed by atoms with E-state index in [9.17, 15) is 4.79 Å². The molecular weight excluding hydrogens is 346 g/mol. The Morgan fingerprint density at radius 3 is 2.78 bits per heavy atom. The summed E-state index contributed by atoms with van der Waals surface area (Å²) in [5.41, 5.74) is 2.16. The molecule has 1 saturated heterocycles. The van der Waals surface area contributed by atoms with Gasteiger partial charge in [0.25, 0.3) is 5.91 Å². The maximum atomic E-state index is 12.8. The van der Waals surface area contributed by atoms with Crippen LogP contribution in [0.3, 0.4) is 0 Å². The molecule has 0 saturated carbocycles. The van der Waals surface area contributed by atoms with Crippen molar-refractivity contribution in [2.75, 3.05) is 47.1 Å². The summed E-state index contributed by atoms with van der Waals surface area (Å²) in [5.74, 6) is 1.26. The van der Waals surface area contributed by atoms with Gasteiger partial charge in [-0.15, -0.1) is 0 Å². The molecule has 3 rings (SSSR count). The minimum absolute atomic E-state index is 0.00426. The Morgan fingerprint density at radius 1 is 1.22 bits per heavy atom. The highest BCUT2D eigenvalue weighted by molar-refractivity contribution is 5.93. The molecule has 1 aromatic heterocycles. The summed E-state index contributed by atoms with van der Waals surface area (Å²) in [6, 6.07) is 9.44. The second kappa shape index (κ2) is 9.53. The topological polar surface area (TPSA) is 76.7 Å². The highest BCUT2D eigenvalue weighted by atomic mass is 16.5. The molecule has 1 amide bonds. The van der Waals surface area contributed by atoms with Crippen LogP contribution in [0.15, 0.2) is 30.3 Å². The Balaban J connectivity index is 1.54. The van der Waals surface area contributed by atoms with Crippen molar-refractivity contribution in [3.63, 3.8) is 0 Å². The van der Waals surface area contributed by atoms with Crippen molar-refractivity contribution in [2.24, 2.45) is 5.92 Å². The second-order valence-corrected chi connectivity index (χ2v) is 6.70. The Morgan fingerprint density at radius 2 is 2.04 bits per heavy atom. The molecule has 0 atom stereocenters. The van der Waals surface area contributed by atoms with Crippen LogP contribution in [0.1, 0.15) is 23.3 Å². The standard InChI is InChI=1S/C20H27N3O4/c1-25-10-11-27-14-15-6-8-23(9-7-15)20(24)19-13-18(21-22-19)16-4-3-5-17(12-16)26-2/h3-5,12-13,15H,6-11,14H2,1-2H3,(H,21,22). The Labute approximate surface area is 159 Å². The highest BCUT2D eigenvalue weighted by Gasteiger charge is 2.25. The lowest BCUT2D eigenvalue weighted by molar-refractivity contribution is 0.0326. The van der Waals surface area contributed by atoms with E-state index in [0.29, 0.717) is 24.8 Å². The molecule has 1 fully saturated rings. The zero-order chi connectivity index (χ0) is 19.1. The summed E-state index contributed by atoms with van der Waals surface area (Å²) < 4.78 is 15.8. The smallest absolute Gasteiger partial charge is 0.271 e. The van der Waals surface area contributed by atoms with E-state index < -0.39 is 0 Å². The average molecular weight is 373 g/mol. The number of carbonyl (C=O) groups is 1. The van der Waals surface area contributed by atoms with Crippen LogP contribution in [-0.4, -0.2) is 68.1 Å². The van der Waals surface area contributed by atoms with Gasteiger partial charge in [0.2, 0.25) is 0 Å². The van der Waals surface area contributed by atoms with E-state index >= 15 is 0 Å². The van der Waals surface area contributed by atoms with Gasteiger partial charge in [0.1, 0.15) is 11.4 Å². The van der Waals surface area contributed by atoms with Crippen LogP contribution in [0.4, 0.5) is 0 Å². The first-order chi connectivity index (χ1) is 13.2. The molecule has 146 valence electrons. The van der Waals surface area contributed by atoms with Crippen molar-refractivity contribution in [3.8, 4) is 17.0 Å². The Hall–Kier alpha value is -2.38. The number of amides is 1. The van der Waals surface area contributed by atoms with Gasteiger partial charge in [-0.1, -0.05) is 12.1 Å². The van der Waals surface area contributed by atoms with E-state index in [1.54, 1.807) is 20.3 Å². The number of hydrogen-bond acceptors (Lipinski definition) is 5. The number of methoxy groups -OCH3 is 2. The van der Waals surface area contributed by atoms with Gasteiger partial charge in [-0.2, -0.15) is 5.10 Å². The van der Waals surface area contributed by atoms with Gasteiger partial charge < -0.3 is 19.1 Å². The fraction of sp³-hybridized carbons (Fsp3) is 0.500. The van der Waals surface area contributed by atoms with Crippen LogP contribution < -0.4 is 4.74 Å². The lowest BCUT2D eigenvalue weighted by atomic mass is 9.97. The molecule has 2 aromatic rings. The first-order valence-electron chi connectivity index (χ1n) is 9.27. The van der Waals surface area contributed by atoms with Crippen LogP contribution in [0.2, 0.25) is 0 Å². The second-order valence-electron chi connectivity index (χ2n) is 6.70. The van der Waals surface area contributed by atoms with Gasteiger partial charge in [0.15, 0.2) is 0 Å². The highest BCUT2D eigenvalue weighted by Crippen LogP contribution is 2.24. The molecule has 1 N–H and O–H groups in total. The zero-order valence-corrected chi connectivity index (χ0v) is 15.9. The first kappa shape index (κ1) is 19.4. The van der Waals surface area contributed by atoms with E-state index in [-0.39, 0.29) is 5.91 Å². The summed E-state index contributed by atoms with van der Waals surface area (Å²) in [5, 5.41) is 7.17. The summed E-state index contributed by atoms with van der Waals surface area (Å²) in [6.45, 7) is 3.45. The van der Waals surface area contributed by atoms with Gasteiger partial charge in [-0.05, 0) is 37.0 Å². The molecule has 0 aliphatic carbocycles. The number of rotatable bonds is 8. The van der Waals surface area contributed by atoms with Crippen molar-refractivity contribution in [1.29, 1.82) is 0 Å². The van der Waals surface area contributed by atoms with E-state index in [4.69, 9.17) is 14.2 Å². The van der Waals surface area contributed by atoms with Crippen LogP contribution in [-0.2, 0) is 9.47 Å². The summed E-state index contributed by atoms with van der Waals surface area (Å²) in [4.78, 5) is 14.6. The number of likely N-dealkylation sites (tertiary alicyclic amines) is 1. The third kappa shape index (κ3) is 5.08. The monoisotopic (exact) mass is 373 g/mol. The number of aromatic amines is 1. The molecule has 1 aliphatic heterocycles. The van der Waals surface area contributed by atoms with E-state index in [0.717, 1.165) is 49.5 Å². The fourth-order valence-corrected chi connectivity index (χ4v) is 3.23. The van der Waals surface area contributed by atoms with Crippen molar-refractivity contribution >= 4 is 5.91 Å². The molecule has 27 heavy (non-hydrogen) atoms. The third-order valence-corrected chi connectivity index (χ3v) is 4.86. The first-order valence-corrected chi connectivity index (χ1v) is 9.27. The minimum atomic E-state index is -0.00426. The SMILES string of the molecule is COCCOCC1CCN(C(=O)c2cc(-c3cccc(OC)c3)n[nH]2)CC1. The van der Waals surface area contributed by atoms with Gasteiger partial charge in [0.05, 0.1) is 26.0 Å². The quantitative estimate of drug-likeness (QED) is 0.720. The van der Waals surface area contributed by atoms with Gasteiger partial charge in [0, 0.05) is 32.4 Å². The summed E-state index contributed by atoms with van der Waals surface area (Å²) in [7, 11) is 3.30. The predicted octanol–water partition coefficient (Wildman–Crippen LogP) is 2.60. The van der Waals surface area contributed by atoms with Crippen molar-refractivity contribution in [1.82, 2.24) is 15.1 Å². The number of carbonyl (C=O) groups excluding carboxylic acids is 1. The van der Waals surface area contributed by atoms with Crippen LogP contribution >= 0.6 is 0 Å². The largest absolute Gasteiger partial charge is 0.497 e. The normalized spacial score (nSPS) is 15.1. The fourth-order valence-electron chi connectivity index (χ4n) is 3.23. The third-order valence-electron chi connectivity index (χ3n) is 4.86. The molecule has 0 radical (unpaired) electrons. The molecule has 1 aliphatic rings. The van der Waals surface area contributed by atoms with E-state index in [1.807, 2.05) is 29.2 Å². The van der Waals surface area contributed by atoms with E-state index in [2.05, 4.69) is 10.2 Å². The maximum absolute atomic E-state index is 12.8. The van der Waals surface area contributed by atoms with Gasteiger partial charge in [-0.25, -0.2) is 0 Å². The molecule has 2 heterocycles. The molecule has 0 unspecified atom stereocenters. The Kier molecular flexibility index (Phi) is 6.84. The van der Waals surface area contributed by atoms with Crippen LogP contribution in [0, 0.1) is 5.92 Å². The number of aromatic nitrogens is 2. The predicted molar refractivity (Wildman–Crippen MR) is 102 cm³/mol. The molecule has 0 spiro atoms. The molecule has 7 nitrogen and oxygen atoms in total. The molecule has 0 bridgehead atoms. The van der Waals surface area contributed by atoms with Crippen molar-refractivity contribution in [2.45, 2.75) is 12.8 Å². The maximum Gasteiger partial charge on any atom is 0.271 e.